The molecule has 0 aliphatic carbocycles. The third kappa shape index (κ3) is 3.56. The van der Waals surface area contributed by atoms with Gasteiger partial charge in [0.25, 0.3) is 0 Å². The molecule has 1 heterocycles. The van der Waals surface area contributed by atoms with Crippen LogP contribution < -0.4 is 5.32 Å². The van der Waals surface area contributed by atoms with Gasteiger partial charge < -0.3 is 4.90 Å². The molecule has 16 heavy (non-hydrogen) atoms. The Labute approximate surface area is 100 Å². The highest BCUT2D eigenvalue weighted by Crippen LogP contribution is 2.16. The van der Waals surface area contributed by atoms with Crippen molar-refractivity contribution in [1.82, 2.24) is 10.2 Å². The first-order chi connectivity index (χ1) is 7.41. The molecule has 0 radical (unpaired) electrons. The average molecular weight is 246 g/mol. The molecule has 1 aliphatic rings. The van der Waals surface area contributed by atoms with Crippen LogP contribution in [0.15, 0.2) is 0 Å². The number of rotatable bonds is 5. The van der Waals surface area contributed by atoms with E-state index in [4.69, 9.17) is 0 Å². The summed E-state index contributed by atoms with van der Waals surface area (Å²) in [5.41, 5.74) is 0. The molecular formula is C11H22N2O2S. The Morgan fingerprint density at radius 2 is 2.12 bits per heavy atom. The minimum absolute atomic E-state index is 0.0553. The molecule has 0 saturated carbocycles. The van der Waals surface area contributed by atoms with Crippen molar-refractivity contribution in [3.05, 3.63) is 0 Å². The van der Waals surface area contributed by atoms with Crippen LogP contribution in [-0.2, 0) is 15.6 Å². The molecule has 0 aromatic rings. The van der Waals surface area contributed by atoms with Crippen molar-refractivity contribution in [2.24, 2.45) is 5.92 Å². The summed E-state index contributed by atoms with van der Waals surface area (Å²) in [6.45, 7) is 6.80. The fourth-order valence-corrected chi connectivity index (χ4v) is 2.47. The van der Waals surface area contributed by atoms with Gasteiger partial charge in [-0.25, -0.2) is 0 Å². The van der Waals surface area contributed by atoms with E-state index in [2.05, 4.69) is 19.2 Å². The zero-order valence-corrected chi connectivity index (χ0v) is 11.3. The zero-order chi connectivity index (χ0) is 12.3. The molecule has 1 amide bonds. The van der Waals surface area contributed by atoms with Gasteiger partial charge in [0.1, 0.15) is 0 Å². The van der Waals surface area contributed by atoms with Crippen molar-refractivity contribution < 1.29 is 9.00 Å². The predicted molar refractivity (Wildman–Crippen MR) is 66.5 cm³/mol. The lowest BCUT2D eigenvalue weighted by atomic mass is 10.0. The van der Waals surface area contributed by atoms with E-state index >= 15 is 0 Å². The minimum atomic E-state index is -0.835. The topological polar surface area (TPSA) is 49.4 Å². The number of carbonyl (C=O) groups excluding carboxylic acids is 1. The van der Waals surface area contributed by atoms with Crippen LogP contribution >= 0.6 is 0 Å². The van der Waals surface area contributed by atoms with Crippen molar-refractivity contribution >= 4 is 16.7 Å². The van der Waals surface area contributed by atoms with Crippen LogP contribution in [0.25, 0.3) is 0 Å². The summed E-state index contributed by atoms with van der Waals surface area (Å²) in [7, 11) is -0.835. The van der Waals surface area contributed by atoms with Gasteiger partial charge in [-0.3, -0.25) is 14.3 Å². The van der Waals surface area contributed by atoms with Crippen molar-refractivity contribution in [3.8, 4) is 0 Å². The maximum Gasteiger partial charge on any atom is 0.241 e. The first-order valence-corrected chi connectivity index (χ1v) is 7.51. The molecule has 1 saturated heterocycles. The molecule has 94 valence electrons. The molecule has 3 unspecified atom stereocenters. The molecule has 0 spiro atoms. The lowest BCUT2D eigenvalue weighted by molar-refractivity contribution is -0.129. The van der Waals surface area contributed by atoms with E-state index in [1.807, 2.05) is 6.92 Å². The molecule has 3 atom stereocenters. The summed E-state index contributed by atoms with van der Waals surface area (Å²) in [5, 5.41) is 3.29. The average Bonchev–Trinajstić information content (AvgIpc) is 2.39. The third-order valence-corrected chi connectivity index (χ3v) is 3.58. The summed E-state index contributed by atoms with van der Waals surface area (Å²) in [6, 6.07) is -0.0553. The summed E-state index contributed by atoms with van der Waals surface area (Å²) in [5.74, 6) is 1.23. The van der Waals surface area contributed by atoms with E-state index in [9.17, 15) is 9.00 Å². The number of carbonyl (C=O) groups is 1. The van der Waals surface area contributed by atoms with Gasteiger partial charge >= 0.3 is 0 Å². The molecule has 1 N–H and O–H groups in total. The molecule has 0 aromatic carbocycles. The third-order valence-electron chi connectivity index (χ3n) is 2.82. The van der Waals surface area contributed by atoms with Crippen molar-refractivity contribution in [1.29, 1.82) is 0 Å². The Bertz CT molecular complexity index is 281. The molecule has 1 fully saturated rings. The SMILES string of the molecule is CC(C)CC1NC(C)N(CCS(C)=O)C1=O. The second-order valence-electron chi connectivity index (χ2n) is 4.83. The first-order valence-electron chi connectivity index (χ1n) is 5.78. The summed E-state index contributed by atoms with van der Waals surface area (Å²) in [4.78, 5) is 13.8. The standard InChI is InChI=1S/C11H22N2O2S/c1-8(2)7-10-11(14)13(9(3)12-10)5-6-16(4)15/h8-10,12H,5-7H2,1-4H3. The van der Waals surface area contributed by atoms with Gasteiger partial charge in [-0.05, 0) is 19.3 Å². The first kappa shape index (κ1) is 13.6. The smallest absolute Gasteiger partial charge is 0.241 e. The van der Waals surface area contributed by atoms with Gasteiger partial charge in [-0.15, -0.1) is 0 Å². The number of nitrogens with zero attached hydrogens (tertiary/aromatic N) is 1. The summed E-state index contributed by atoms with van der Waals surface area (Å²) < 4.78 is 11.0. The van der Waals surface area contributed by atoms with Crippen LogP contribution in [0.2, 0.25) is 0 Å². The van der Waals surface area contributed by atoms with Crippen LogP contribution in [-0.4, -0.2) is 45.8 Å². The van der Waals surface area contributed by atoms with E-state index in [-0.39, 0.29) is 18.1 Å². The Morgan fingerprint density at radius 1 is 1.50 bits per heavy atom. The highest BCUT2D eigenvalue weighted by molar-refractivity contribution is 7.84. The highest BCUT2D eigenvalue weighted by atomic mass is 32.2. The maximum atomic E-state index is 12.0. The fraction of sp³-hybridized carbons (Fsp3) is 0.909. The summed E-state index contributed by atoms with van der Waals surface area (Å²) >= 11 is 0. The monoisotopic (exact) mass is 246 g/mol. The van der Waals surface area contributed by atoms with Crippen molar-refractivity contribution in [2.75, 3.05) is 18.6 Å². The number of hydrogen-bond acceptors (Lipinski definition) is 3. The van der Waals surface area contributed by atoms with Crippen LogP contribution in [0.3, 0.4) is 0 Å². The lowest BCUT2D eigenvalue weighted by Gasteiger charge is -2.19. The maximum absolute atomic E-state index is 12.0. The van der Waals surface area contributed by atoms with E-state index in [0.717, 1.165) is 6.42 Å². The van der Waals surface area contributed by atoms with Crippen LogP contribution in [0.4, 0.5) is 0 Å². The van der Waals surface area contributed by atoms with E-state index in [1.165, 1.54) is 0 Å². The number of amides is 1. The van der Waals surface area contributed by atoms with Gasteiger partial charge in [-0.1, -0.05) is 13.8 Å². The zero-order valence-electron chi connectivity index (χ0n) is 10.5. The molecule has 0 bridgehead atoms. The largest absolute Gasteiger partial charge is 0.325 e. The summed E-state index contributed by atoms with van der Waals surface area (Å²) in [6.07, 6.45) is 2.61. The highest BCUT2D eigenvalue weighted by Gasteiger charge is 2.36. The molecule has 5 heteroatoms. The Morgan fingerprint density at radius 3 is 2.62 bits per heavy atom. The van der Waals surface area contributed by atoms with Crippen molar-refractivity contribution in [2.45, 2.75) is 39.4 Å². The Hall–Kier alpha value is -0.420. The fourth-order valence-electron chi connectivity index (χ4n) is 2.01. The Balaban J connectivity index is 2.53. The molecule has 1 rings (SSSR count). The second kappa shape index (κ2) is 5.77. The van der Waals surface area contributed by atoms with Gasteiger partial charge in [0.05, 0.1) is 12.2 Å². The predicted octanol–water partition coefficient (Wildman–Crippen LogP) is 0.557. The van der Waals surface area contributed by atoms with Gasteiger partial charge in [-0.2, -0.15) is 0 Å². The van der Waals surface area contributed by atoms with E-state index in [0.29, 0.717) is 18.2 Å². The molecule has 1 aliphatic heterocycles. The van der Waals surface area contributed by atoms with Crippen molar-refractivity contribution in [3.63, 3.8) is 0 Å². The van der Waals surface area contributed by atoms with E-state index in [1.54, 1.807) is 11.2 Å². The second-order valence-corrected chi connectivity index (χ2v) is 6.39. The lowest BCUT2D eigenvalue weighted by Crippen LogP contribution is -2.37. The van der Waals surface area contributed by atoms with Crippen LogP contribution in [0.1, 0.15) is 27.2 Å². The minimum Gasteiger partial charge on any atom is -0.325 e. The molecule has 0 aromatic heterocycles. The quantitative estimate of drug-likeness (QED) is 0.771. The van der Waals surface area contributed by atoms with Gasteiger partial charge in [0, 0.05) is 29.4 Å². The molecular weight excluding hydrogens is 224 g/mol. The Kier molecular flexibility index (Phi) is 4.92. The van der Waals surface area contributed by atoms with Gasteiger partial charge in [0.15, 0.2) is 0 Å². The molecule has 4 nitrogen and oxygen atoms in total. The number of nitrogens with one attached hydrogen (secondary N) is 1. The van der Waals surface area contributed by atoms with E-state index < -0.39 is 10.8 Å². The van der Waals surface area contributed by atoms with Crippen LogP contribution in [0.5, 0.6) is 0 Å². The van der Waals surface area contributed by atoms with Gasteiger partial charge in [0.2, 0.25) is 5.91 Å². The normalized spacial score (nSPS) is 27.8. The number of hydrogen-bond donors (Lipinski definition) is 1. The van der Waals surface area contributed by atoms with Crippen LogP contribution in [0, 0.1) is 5.92 Å².